The molecule has 0 bridgehead atoms. The van der Waals surface area contributed by atoms with Gasteiger partial charge in [-0.25, -0.2) is 4.39 Å². The zero-order valence-electron chi connectivity index (χ0n) is 8.70. The molecule has 0 saturated carbocycles. The van der Waals surface area contributed by atoms with Gasteiger partial charge in [-0.05, 0) is 24.1 Å². The number of carbonyl (C=O) groups is 1. The third-order valence-electron chi connectivity index (χ3n) is 2.53. The van der Waals surface area contributed by atoms with E-state index < -0.39 is 12.0 Å². The molecule has 0 saturated heterocycles. The number of aryl methyl sites for hydroxylation is 1. The fourth-order valence-electron chi connectivity index (χ4n) is 1.37. The van der Waals surface area contributed by atoms with Crippen molar-refractivity contribution in [3.63, 3.8) is 0 Å². The minimum absolute atomic E-state index is 0.296. The Labute approximate surface area is 87.7 Å². The molecule has 0 amide bonds. The minimum Gasteiger partial charge on any atom is -0.480 e. The first-order chi connectivity index (χ1) is 6.93. The van der Waals surface area contributed by atoms with Crippen LogP contribution in [0, 0.1) is 12.7 Å². The first-order valence-corrected chi connectivity index (χ1v) is 4.68. The third-order valence-corrected chi connectivity index (χ3v) is 2.53. The van der Waals surface area contributed by atoms with Gasteiger partial charge in [0.25, 0.3) is 0 Å². The summed E-state index contributed by atoms with van der Waals surface area (Å²) in [7, 11) is 0. The van der Waals surface area contributed by atoms with E-state index in [1.54, 1.807) is 26.0 Å². The molecule has 4 heteroatoms. The molecule has 3 N–H and O–H groups in total. The fraction of sp³-hybridized carbons (Fsp3) is 0.364. The van der Waals surface area contributed by atoms with Gasteiger partial charge in [0.15, 0.2) is 0 Å². The average Bonchev–Trinajstić information content (AvgIpc) is 2.19. The van der Waals surface area contributed by atoms with Crippen LogP contribution in [0.2, 0.25) is 0 Å². The van der Waals surface area contributed by atoms with Crippen molar-refractivity contribution < 1.29 is 14.3 Å². The molecule has 0 heterocycles. The van der Waals surface area contributed by atoms with Crippen molar-refractivity contribution in [2.75, 3.05) is 0 Å². The Kier molecular flexibility index (Phi) is 3.42. The Morgan fingerprint density at radius 2 is 2.13 bits per heavy atom. The van der Waals surface area contributed by atoms with Crippen LogP contribution in [0.3, 0.4) is 0 Å². The molecule has 82 valence electrons. The number of hydrogen-bond donors (Lipinski definition) is 2. The Balaban J connectivity index is 2.96. The summed E-state index contributed by atoms with van der Waals surface area (Å²) in [4.78, 5) is 10.7. The Morgan fingerprint density at radius 3 is 2.60 bits per heavy atom. The van der Waals surface area contributed by atoms with Crippen LogP contribution in [0.1, 0.15) is 24.0 Å². The van der Waals surface area contributed by atoms with E-state index >= 15 is 0 Å². The van der Waals surface area contributed by atoms with E-state index in [1.165, 1.54) is 6.07 Å². The molecular weight excluding hydrogens is 197 g/mol. The van der Waals surface area contributed by atoms with Crippen molar-refractivity contribution >= 4 is 5.97 Å². The highest BCUT2D eigenvalue weighted by molar-refractivity contribution is 5.74. The van der Waals surface area contributed by atoms with Gasteiger partial charge in [-0.1, -0.05) is 19.1 Å². The number of benzene rings is 1. The molecule has 0 spiro atoms. The molecule has 3 nitrogen and oxygen atoms in total. The van der Waals surface area contributed by atoms with Gasteiger partial charge in [0.05, 0.1) is 0 Å². The standard InChI is InChI=1S/C11H14FNO2/c1-6-5-8(3-4-9(6)12)7(2)10(13)11(14)15/h3-5,7,10H,13H2,1-2H3,(H,14,15). The zero-order valence-corrected chi connectivity index (χ0v) is 8.70. The molecule has 15 heavy (non-hydrogen) atoms. The first kappa shape index (κ1) is 11.7. The van der Waals surface area contributed by atoms with E-state index in [9.17, 15) is 9.18 Å². The highest BCUT2D eigenvalue weighted by Gasteiger charge is 2.21. The van der Waals surface area contributed by atoms with Crippen molar-refractivity contribution in [3.05, 3.63) is 35.1 Å². The molecule has 1 rings (SSSR count). The minimum atomic E-state index is -1.05. The van der Waals surface area contributed by atoms with Gasteiger partial charge >= 0.3 is 5.97 Å². The van der Waals surface area contributed by atoms with E-state index in [1.807, 2.05) is 0 Å². The fourth-order valence-corrected chi connectivity index (χ4v) is 1.37. The topological polar surface area (TPSA) is 63.3 Å². The second-order valence-corrected chi connectivity index (χ2v) is 3.66. The maximum Gasteiger partial charge on any atom is 0.321 e. The van der Waals surface area contributed by atoms with Crippen LogP contribution in [-0.2, 0) is 4.79 Å². The summed E-state index contributed by atoms with van der Waals surface area (Å²) in [6, 6.07) is 3.56. The van der Waals surface area contributed by atoms with Gasteiger partial charge in [0, 0.05) is 5.92 Å². The summed E-state index contributed by atoms with van der Waals surface area (Å²) in [5, 5.41) is 8.74. The van der Waals surface area contributed by atoms with Gasteiger partial charge in [-0.2, -0.15) is 0 Å². The number of aliphatic carboxylic acids is 1. The average molecular weight is 211 g/mol. The van der Waals surface area contributed by atoms with Crippen LogP contribution in [0.15, 0.2) is 18.2 Å². The third kappa shape index (κ3) is 2.53. The molecule has 1 aromatic rings. The van der Waals surface area contributed by atoms with E-state index in [0.29, 0.717) is 5.56 Å². The lowest BCUT2D eigenvalue weighted by atomic mass is 9.93. The molecule has 0 fully saturated rings. The second-order valence-electron chi connectivity index (χ2n) is 3.66. The van der Waals surface area contributed by atoms with Crippen LogP contribution >= 0.6 is 0 Å². The summed E-state index contributed by atoms with van der Waals surface area (Å²) in [5.74, 6) is -1.68. The van der Waals surface area contributed by atoms with Gasteiger partial charge in [-0.3, -0.25) is 4.79 Å². The molecule has 0 radical (unpaired) electrons. The maximum absolute atomic E-state index is 13.0. The van der Waals surface area contributed by atoms with Gasteiger partial charge in [-0.15, -0.1) is 0 Å². The van der Waals surface area contributed by atoms with Crippen LogP contribution in [0.25, 0.3) is 0 Å². The molecule has 0 aromatic heterocycles. The number of hydrogen-bond acceptors (Lipinski definition) is 2. The summed E-state index contributed by atoms with van der Waals surface area (Å²) < 4.78 is 13.0. The molecule has 1 aromatic carbocycles. The lowest BCUT2D eigenvalue weighted by molar-refractivity contribution is -0.139. The van der Waals surface area contributed by atoms with Crippen molar-refractivity contribution in [2.45, 2.75) is 25.8 Å². The second kappa shape index (κ2) is 4.40. The predicted molar refractivity (Wildman–Crippen MR) is 55.2 cm³/mol. The quantitative estimate of drug-likeness (QED) is 0.799. The molecule has 0 aliphatic heterocycles. The largest absolute Gasteiger partial charge is 0.480 e. The van der Waals surface area contributed by atoms with Crippen molar-refractivity contribution in [2.24, 2.45) is 5.73 Å². The van der Waals surface area contributed by atoms with E-state index in [-0.39, 0.29) is 11.7 Å². The van der Waals surface area contributed by atoms with E-state index in [0.717, 1.165) is 5.56 Å². The zero-order chi connectivity index (χ0) is 11.6. The highest BCUT2D eigenvalue weighted by Crippen LogP contribution is 2.20. The Morgan fingerprint density at radius 1 is 1.53 bits per heavy atom. The highest BCUT2D eigenvalue weighted by atomic mass is 19.1. The van der Waals surface area contributed by atoms with E-state index in [2.05, 4.69) is 0 Å². The molecule has 2 unspecified atom stereocenters. The number of halogens is 1. The van der Waals surface area contributed by atoms with Gasteiger partial charge < -0.3 is 10.8 Å². The Hall–Kier alpha value is -1.42. The molecule has 0 aliphatic rings. The van der Waals surface area contributed by atoms with Crippen LogP contribution in [0.5, 0.6) is 0 Å². The Bertz CT molecular complexity index is 379. The van der Waals surface area contributed by atoms with Crippen LogP contribution in [0.4, 0.5) is 4.39 Å². The summed E-state index contributed by atoms with van der Waals surface area (Å²) in [6.45, 7) is 3.35. The van der Waals surface area contributed by atoms with Crippen LogP contribution in [-0.4, -0.2) is 17.1 Å². The lowest BCUT2D eigenvalue weighted by Crippen LogP contribution is -2.35. The van der Waals surface area contributed by atoms with Crippen molar-refractivity contribution in [1.29, 1.82) is 0 Å². The van der Waals surface area contributed by atoms with Gasteiger partial charge in [0.1, 0.15) is 11.9 Å². The lowest BCUT2D eigenvalue weighted by Gasteiger charge is -2.16. The van der Waals surface area contributed by atoms with E-state index in [4.69, 9.17) is 10.8 Å². The normalized spacial score (nSPS) is 14.7. The number of nitrogens with two attached hydrogens (primary N) is 1. The van der Waals surface area contributed by atoms with Gasteiger partial charge in [0.2, 0.25) is 0 Å². The monoisotopic (exact) mass is 211 g/mol. The summed E-state index contributed by atoms with van der Waals surface area (Å²) in [6.07, 6.45) is 0. The smallest absolute Gasteiger partial charge is 0.321 e. The predicted octanol–water partition coefficient (Wildman–Crippen LogP) is 1.65. The molecular formula is C11H14FNO2. The van der Waals surface area contributed by atoms with Crippen LogP contribution < -0.4 is 5.73 Å². The summed E-state index contributed by atoms with van der Waals surface area (Å²) in [5.41, 5.74) is 6.72. The summed E-state index contributed by atoms with van der Waals surface area (Å²) >= 11 is 0. The van der Waals surface area contributed by atoms with Crippen molar-refractivity contribution in [3.8, 4) is 0 Å². The maximum atomic E-state index is 13.0. The number of rotatable bonds is 3. The molecule has 2 atom stereocenters. The number of carboxylic acids is 1. The SMILES string of the molecule is Cc1cc(C(C)C(N)C(=O)O)ccc1F. The van der Waals surface area contributed by atoms with Crippen molar-refractivity contribution in [1.82, 2.24) is 0 Å². The molecule has 0 aliphatic carbocycles. The number of carboxylic acid groups (broad SMARTS) is 1. The first-order valence-electron chi connectivity index (χ1n) is 4.68.